The highest BCUT2D eigenvalue weighted by atomic mass is 32.1. The van der Waals surface area contributed by atoms with Crippen molar-refractivity contribution < 1.29 is 14.3 Å². The molecule has 2 aliphatic rings. The van der Waals surface area contributed by atoms with Gasteiger partial charge in [-0.25, -0.2) is 0 Å². The zero-order valence-corrected chi connectivity index (χ0v) is 15.7. The molecule has 0 radical (unpaired) electrons. The summed E-state index contributed by atoms with van der Waals surface area (Å²) in [7, 11) is 0. The monoisotopic (exact) mass is 360 g/mol. The maximum absolute atomic E-state index is 12.6. The average Bonchev–Trinajstić information content (AvgIpc) is 3.05. The molecule has 1 saturated heterocycles. The molecular formula is C19H24N2O3S. The lowest BCUT2D eigenvalue weighted by molar-refractivity contribution is -0.122. The van der Waals surface area contributed by atoms with Gasteiger partial charge in [0.15, 0.2) is 5.11 Å². The van der Waals surface area contributed by atoms with Crippen LogP contribution < -0.4 is 14.8 Å². The first kappa shape index (κ1) is 17.7. The van der Waals surface area contributed by atoms with Crippen LogP contribution in [0.25, 0.3) is 6.08 Å². The number of unbranched alkanes of at least 4 members (excludes halogenated alkanes) is 1. The number of carbonyl (C=O) groups excluding carboxylic acids is 1. The number of rotatable bonds is 6. The molecule has 1 aromatic rings. The fraction of sp³-hybridized carbons (Fsp3) is 0.474. The third-order valence-corrected chi connectivity index (χ3v) is 4.65. The van der Waals surface area contributed by atoms with Crippen LogP contribution in [0, 0.1) is 0 Å². The third kappa shape index (κ3) is 3.63. The summed E-state index contributed by atoms with van der Waals surface area (Å²) in [5.74, 6) is 1.54. The molecule has 6 heteroatoms. The van der Waals surface area contributed by atoms with E-state index < -0.39 is 0 Å². The smallest absolute Gasteiger partial charge is 0.276 e. The Bertz CT molecular complexity index is 730. The van der Waals surface area contributed by atoms with Crippen LogP contribution in [0.1, 0.15) is 44.7 Å². The number of ether oxygens (including phenoxy) is 2. The van der Waals surface area contributed by atoms with E-state index in [1.54, 1.807) is 11.0 Å². The fourth-order valence-corrected chi connectivity index (χ4v) is 3.38. The number of nitrogens with one attached hydrogen (secondary N) is 1. The Morgan fingerprint density at radius 2 is 2.24 bits per heavy atom. The van der Waals surface area contributed by atoms with Gasteiger partial charge in [0.2, 0.25) is 0 Å². The van der Waals surface area contributed by atoms with Crippen LogP contribution in [0.5, 0.6) is 11.5 Å². The average molecular weight is 360 g/mol. The van der Waals surface area contributed by atoms with E-state index in [0.717, 1.165) is 41.9 Å². The first-order valence-electron chi connectivity index (χ1n) is 8.84. The minimum Gasteiger partial charge on any atom is -0.493 e. The van der Waals surface area contributed by atoms with E-state index in [4.69, 9.17) is 21.7 Å². The quantitative estimate of drug-likeness (QED) is 0.623. The van der Waals surface area contributed by atoms with Crippen molar-refractivity contribution in [2.24, 2.45) is 0 Å². The summed E-state index contributed by atoms with van der Waals surface area (Å²) >= 11 is 5.30. The first-order valence-corrected chi connectivity index (χ1v) is 9.25. The summed E-state index contributed by atoms with van der Waals surface area (Å²) in [6.45, 7) is 7.29. The molecule has 1 amide bonds. The van der Waals surface area contributed by atoms with E-state index in [-0.39, 0.29) is 12.0 Å². The second-order valence-corrected chi connectivity index (χ2v) is 6.75. The minimum atomic E-state index is -0.0873. The van der Waals surface area contributed by atoms with Gasteiger partial charge >= 0.3 is 0 Å². The largest absolute Gasteiger partial charge is 0.493 e. The lowest BCUT2D eigenvalue weighted by atomic mass is 10.1. The number of fused-ring (bicyclic) bond motifs is 1. The van der Waals surface area contributed by atoms with E-state index in [1.165, 1.54) is 0 Å². The lowest BCUT2D eigenvalue weighted by Gasteiger charge is -2.12. The SMILES string of the molecule is CCCCN1C(=O)/C(=C/c2cc3c(cc2OCC)C[C@H](C)O3)NC1=S. The molecule has 1 fully saturated rings. The van der Waals surface area contributed by atoms with Crippen molar-refractivity contribution in [3.63, 3.8) is 0 Å². The number of nitrogens with zero attached hydrogens (tertiary/aromatic N) is 1. The Morgan fingerprint density at radius 1 is 1.44 bits per heavy atom. The van der Waals surface area contributed by atoms with E-state index in [9.17, 15) is 4.79 Å². The van der Waals surface area contributed by atoms with Gasteiger partial charge in [-0.1, -0.05) is 13.3 Å². The highest BCUT2D eigenvalue weighted by Gasteiger charge is 2.30. The Kier molecular flexibility index (Phi) is 5.27. The van der Waals surface area contributed by atoms with Gasteiger partial charge in [0.05, 0.1) is 6.61 Å². The minimum absolute atomic E-state index is 0.0873. The highest BCUT2D eigenvalue weighted by molar-refractivity contribution is 7.80. The fourth-order valence-electron chi connectivity index (χ4n) is 3.09. The van der Waals surface area contributed by atoms with Gasteiger partial charge in [0, 0.05) is 24.1 Å². The summed E-state index contributed by atoms with van der Waals surface area (Å²) in [4.78, 5) is 14.2. The molecule has 25 heavy (non-hydrogen) atoms. The summed E-state index contributed by atoms with van der Waals surface area (Å²) in [5.41, 5.74) is 2.45. The standard InChI is InChI=1S/C19H24N2O3S/c1-4-6-7-21-18(22)15(20-19(21)25)9-14-11-17-13(8-12(3)24-17)10-16(14)23-5-2/h9-12H,4-8H2,1-3H3,(H,20,25)/b15-9-/t12-/m0/s1. The maximum atomic E-state index is 12.6. The van der Waals surface area contributed by atoms with Gasteiger partial charge in [-0.15, -0.1) is 0 Å². The maximum Gasteiger partial charge on any atom is 0.276 e. The molecule has 1 atom stereocenters. The summed E-state index contributed by atoms with van der Waals surface area (Å²) < 4.78 is 11.6. The summed E-state index contributed by atoms with van der Waals surface area (Å²) in [6.07, 6.45) is 4.78. The Hall–Kier alpha value is -2.08. The molecule has 5 nitrogen and oxygen atoms in total. The predicted octanol–water partition coefficient (Wildman–Crippen LogP) is 3.27. The molecule has 0 unspecified atom stereocenters. The molecule has 3 rings (SSSR count). The van der Waals surface area contributed by atoms with Crippen LogP contribution in [-0.2, 0) is 11.2 Å². The van der Waals surface area contributed by atoms with E-state index in [2.05, 4.69) is 12.2 Å². The zero-order valence-electron chi connectivity index (χ0n) is 14.9. The Balaban J connectivity index is 1.91. The number of amides is 1. The Morgan fingerprint density at radius 3 is 2.96 bits per heavy atom. The zero-order chi connectivity index (χ0) is 18.0. The van der Waals surface area contributed by atoms with E-state index >= 15 is 0 Å². The molecule has 1 aromatic carbocycles. The van der Waals surface area contributed by atoms with Gasteiger partial charge < -0.3 is 14.8 Å². The van der Waals surface area contributed by atoms with E-state index in [0.29, 0.717) is 24.0 Å². The number of hydrogen-bond acceptors (Lipinski definition) is 4. The molecule has 0 saturated carbocycles. The van der Waals surface area contributed by atoms with Crippen LogP contribution in [0.2, 0.25) is 0 Å². The molecule has 134 valence electrons. The number of carbonyl (C=O) groups is 1. The van der Waals surface area contributed by atoms with Crippen molar-refractivity contribution in [3.8, 4) is 11.5 Å². The molecule has 0 aromatic heterocycles. The third-order valence-electron chi connectivity index (χ3n) is 4.33. The Labute approximate surface area is 154 Å². The molecule has 2 heterocycles. The molecule has 2 aliphatic heterocycles. The van der Waals surface area contributed by atoms with Crippen molar-refractivity contribution >= 4 is 29.3 Å². The van der Waals surface area contributed by atoms with Crippen molar-refractivity contribution in [1.82, 2.24) is 10.2 Å². The highest BCUT2D eigenvalue weighted by Crippen LogP contribution is 2.36. The van der Waals surface area contributed by atoms with Gasteiger partial charge in [0.25, 0.3) is 5.91 Å². The number of benzene rings is 1. The summed E-state index contributed by atoms with van der Waals surface area (Å²) in [6, 6.07) is 3.96. The molecule has 0 aliphatic carbocycles. The normalized spacial score (nSPS) is 20.7. The van der Waals surface area contributed by atoms with Crippen LogP contribution in [0.4, 0.5) is 0 Å². The second kappa shape index (κ2) is 7.44. The van der Waals surface area contributed by atoms with Crippen LogP contribution in [0.15, 0.2) is 17.8 Å². The van der Waals surface area contributed by atoms with Crippen LogP contribution >= 0.6 is 12.2 Å². The number of hydrogen-bond donors (Lipinski definition) is 1. The van der Waals surface area contributed by atoms with E-state index in [1.807, 2.05) is 26.0 Å². The number of thiocarbonyl (C=S) groups is 1. The second-order valence-electron chi connectivity index (χ2n) is 6.36. The van der Waals surface area contributed by atoms with Crippen molar-refractivity contribution in [3.05, 3.63) is 29.0 Å². The molecule has 1 N–H and O–H groups in total. The van der Waals surface area contributed by atoms with Crippen molar-refractivity contribution in [2.75, 3.05) is 13.2 Å². The lowest BCUT2D eigenvalue weighted by Crippen LogP contribution is -2.31. The summed E-state index contributed by atoms with van der Waals surface area (Å²) in [5, 5.41) is 3.50. The molecule has 0 bridgehead atoms. The van der Waals surface area contributed by atoms with Crippen molar-refractivity contribution in [1.29, 1.82) is 0 Å². The van der Waals surface area contributed by atoms with Gasteiger partial charge in [-0.3, -0.25) is 9.69 Å². The molecule has 0 spiro atoms. The van der Waals surface area contributed by atoms with Crippen LogP contribution in [-0.4, -0.2) is 35.2 Å². The van der Waals surface area contributed by atoms with Gasteiger partial charge in [0.1, 0.15) is 23.3 Å². The van der Waals surface area contributed by atoms with Gasteiger partial charge in [-0.05, 0) is 50.7 Å². The van der Waals surface area contributed by atoms with Crippen molar-refractivity contribution in [2.45, 2.75) is 46.1 Å². The van der Waals surface area contributed by atoms with Crippen LogP contribution in [0.3, 0.4) is 0 Å². The first-order chi connectivity index (χ1) is 12.0. The van der Waals surface area contributed by atoms with Gasteiger partial charge in [-0.2, -0.15) is 0 Å². The molecular weight excluding hydrogens is 336 g/mol. The predicted molar refractivity (Wildman–Crippen MR) is 102 cm³/mol. The topological polar surface area (TPSA) is 50.8 Å².